The van der Waals surface area contributed by atoms with Crippen molar-refractivity contribution in [3.8, 4) is 5.75 Å². The number of rotatable bonds is 8. The van der Waals surface area contributed by atoms with Gasteiger partial charge in [0.05, 0.1) is 11.4 Å². The van der Waals surface area contributed by atoms with Crippen LogP contribution in [0.1, 0.15) is 12.5 Å². The fraction of sp³-hybridized carbons (Fsp3) is 0.278. The summed E-state index contributed by atoms with van der Waals surface area (Å²) in [4.78, 5) is 12.0. The fourth-order valence-corrected chi connectivity index (χ4v) is 3.07. The van der Waals surface area contributed by atoms with E-state index in [1.165, 1.54) is 43.3 Å². The molecule has 0 aromatic heterocycles. The van der Waals surface area contributed by atoms with Gasteiger partial charge >= 0.3 is 0 Å². The number of carbonyl (C=O) groups is 1. The lowest BCUT2D eigenvalue weighted by atomic mass is 10.2. The molecule has 2 aromatic rings. The van der Waals surface area contributed by atoms with Gasteiger partial charge in [0.15, 0.2) is 6.10 Å². The van der Waals surface area contributed by atoms with Gasteiger partial charge in [0, 0.05) is 6.54 Å². The van der Waals surface area contributed by atoms with Crippen molar-refractivity contribution < 1.29 is 26.7 Å². The van der Waals surface area contributed by atoms with Crippen LogP contribution in [0.5, 0.6) is 5.75 Å². The van der Waals surface area contributed by atoms with E-state index in [-0.39, 0.29) is 12.2 Å². The molecule has 0 spiro atoms. The van der Waals surface area contributed by atoms with Crippen LogP contribution in [0.15, 0.2) is 42.5 Å². The number of nitrogens with one attached hydrogen (secondary N) is 2. The second-order valence-corrected chi connectivity index (χ2v) is 7.73. The number of ether oxygens (including phenoxy) is 1. The minimum absolute atomic E-state index is 0.109. The Hall–Kier alpha value is -2.68. The van der Waals surface area contributed by atoms with Crippen LogP contribution in [0.25, 0.3) is 0 Å². The standard InChI is InChI=1S/C18H20F2N2O4S/c1-12-3-6-15(11-17(12)20)22-27(24,25)10-9-21-18(23)13(2)26-16-7-4-14(19)5-8-16/h3-8,11,13,22H,9-10H2,1-2H3,(H,21,23)/t13-/m1/s1. The molecule has 0 bridgehead atoms. The van der Waals surface area contributed by atoms with Crippen LogP contribution in [0.3, 0.4) is 0 Å². The lowest BCUT2D eigenvalue weighted by molar-refractivity contribution is -0.127. The zero-order valence-corrected chi connectivity index (χ0v) is 15.6. The van der Waals surface area contributed by atoms with Gasteiger partial charge < -0.3 is 10.1 Å². The fourth-order valence-electron chi connectivity index (χ4n) is 2.11. The Morgan fingerprint density at radius 2 is 1.81 bits per heavy atom. The largest absolute Gasteiger partial charge is 0.481 e. The van der Waals surface area contributed by atoms with Gasteiger partial charge in [0.1, 0.15) is 17.4 Å². The van der Waals surface area contributed by atoms with Gasteiger partial charge in [0.2, 0.25) is 10.0 Å². The number of halogens is 2. The van der Waals surface area contributed by atoms with Crippen LogP contribution >= 0.6 is 0 Å². The quantitative estimate of drug-likeness (QED) is 0.716. The van der Waals surface area contributed by atoms with Crippen molar-refractivity contribution in [2.45, 2.75) is 20.0 Å². The summed E-state index contributed by atoms with van der Waals surface area (Å²) in [5.74, 6) is -1.54. The Kier molecular flexibility index (Phi) is 6.73. The number of sulfonamides is 1. The summed E-state index contributed by atoms with van der Waals surface area (Å²) >= 11 is 0. The van der Waals surface area contributed by atoms with Gasteiger partial charge in [-0.2, -0.15) is 0 Å². The van der Waals surface area contributed by atoms with Crippen molar-refractivity contribution in [3.05, 3.63) is 59.7 Å². The molecule has 0 aliphatic rings. The Morgan fingerprint density at radius 3 is 2.44 bits per heavy atom. The van der Waals surface area contributed by atoms with Gasteiger partial charge in [-0.15, -0.1) is 0 Å². The predicted octanol–water partition coefficient (Wildman–Crippen LogP) is 2.60. The lowest BCUT2D eigenvalue weighted by Crippen LogP contribution is -2.39. The van der Waals surface area contributed by atoms with Gasteiger partial charge in [0.25, 0.3) is 5.91 Å². The first kappa shape index (κ1) is 20.6. The van der Waals surface area contributed by atoms with E-state index in [4.69, 9.17) is 4.74 Å². The van der Waals surface area contributed by atoms with Crippen LogP contribution in [0.4, 0.5) is 14.5 Å². The van der Waals surface area contributed by atoms with Crippen LogP contribution in [-0.2, 0) is 14.8 Å². The summed E-state index contributed by atoms with van der Waals surface area (Å²) in [5.41, 5.74) is 0.512. The number of aryl methyl sites for hydroxylation is 1. The molecule has 9 heteroatoms. The minimum atomic E-state index is -3.76. The van der Waals surface area contributed by atoms with Gasteiger partial charge in [-0.1, -0.05) is 6.07 Å². The molecule has 0 fully saturated rings. The molecule has 0 unspecified atom stereocenters. The van der Waals surface area contributed by atoms with Gasteiger partial charge in [-0.25, -0.2) is 17.2 Å². The number of amides is 1. The maximum Gasteiger partial charge on any atom is 0.260 e. The van der Waals surface area contributed by atoms with Crippen molar-refractivity contribution in [1.29, 1.82) is 0 Å². The molecule has 0 heterocycles. The van der Waals surface area contributed by atoms with Crippen LogP contribution in [0.2, 0.25) is 0 Å². The highest BCUT2D eigenvalue weighted by molar-refractivity contribution is 7.92. The molecule has 27 heavy (non-hydrogen) atoms. The van der Waals surface area contributed by atoms with E-state index in [0.29, 0.717) is 11.3 Å². The number of anilines is 1. The average Bonchev–Trinajstić information content (AvgIpc) is 2.59. The first-order chi connectivity index (χ1) is 12.7. The summed E-state index contributed by atoms with van der Waals surface area (Å²) in [5, 5.41) is 2.45. The van der Waals surface area contributed by atoms with E-state index in [9.17, 15) is 22.0 Å². The Labute approximate surface area is 156 Å². The summed E-state index contributed by atoms with van der Waals surface area (Å²) in [6.07, 6.45) is -0.891. The van der Waals surface area contributed by atoms with E-state index in [1.807, 2.05) is 0 Å². The highest BCUT2D eigenvalue weighted by Gasteiger charge is 2.17. The normalized spacial score (nSPS) is 12.3. The predicted molar refractivity (Wildman–Crippen MR) is 98.0 cm³/mol. The summed E-state index contributed by atoms with van der Waals surface area (Å²) in [7, 11) is -3.76. The molecule has 0 saturated heterocycles. The summed E-state index contributed by atoms with van der Waals surface area (Å²) in [6.45, 7) is 2.90. The van der Waals surface area contributed by atoms with Crippen LogP contribution in [-0.4, -0.2) is 32.7 Å². The molecule has 1 atom stereocenters. The van der Waals surface area contributed by atoms with E-state index in [1.54, 1.807) is 6.92 Å². The monoisotopic (exact) mass is 398 g/mol. The Balaban J connectivity index is 1.81. The molecular formula is C18H20F2N2O4S. The first-order valence-electron chi connectivity index (χ1n) is 8.13. The number of hydrogen-bond acceptors (Lipinski definition) is 4. The molecular weight excluding hydrogens is 378 g/mol. The molecule has 2 aromatic carbocycles. The molecule has 2 N–H and O–H groups in total. The topological polar surface area (TPSA) is 84.5 Å². The van der Waals surface area contributed by atoms with Gasteiger partial charge in [-0.3, -0.25) is 9.52 Å². The van der Waals surface area contributed by atoms with Gasteiger partial charge in [-0.05, 0) is 55.8 Å². The summed E-state index contributed by atoms with van der Waals surface area (Å²) in [6, 6.07) is 9.17. The second-order valence-electron chi connectivity index (χ2n) is 5.89. The van der Waals surface area contributed by atoms with Crippen molar-refractivity contribution in [2.75, 3.05) is 17.0 Å². The first-order valence-corrected chi connectivity index (χ1v) is 9.78. The third-order valence-corrected chi connectivity index (χ3v) is 4.90. The molecule has 0 aliphatic carbocycles. The van der Waals surface area contributed by atoms with Crippen molar-refractivity contribution >= 4 is 21.6 Å². The van der Waals surface area contributed by atoms with Crippen molar-refractivity contribution in [3.63, 3.8) is 0 Å². The minimum Gasteiger partial charge on any atom is -0.481 e. The molecule has 0 radical (unpaired) electrons. The van der Waals surface area contributed by atoms with Crippen molar-refractivity contribution in [2.24, 2.45) is 0 Å². The Bertz CT molecular complexity index is 902. The maximum absolute atomic E-state index is 13.5. The third kappa shape index (κ3) is 6.52. The van der Waals surface area contributed by atoms with E-state index < -0.39 is 39.4 Å². The molecule has 146 valence electrons. The molecule has 2 rings (SSSR count). The zero-order valence-electron chi connectivity index (χ0n) is 14.8. The van der Waals surface area contributed by atoms with E-state index >= 15 is 0 Å². The molecule has 0 saturated carbocycles. The van der Waals surface area contributed by atoms with E-state index in [0.717, 1.165) is 6.07 Å². The Morgan fingerprint density at radius 1 is 1.15 bits per heavy atom. The highest BCUT2D eigenvalue weighted by Crippen LogP contribution is 2.15. The third-order valence-electron chi connectivity index (χ3n) is 3.61. The lowest BCUT2D eigenvalue weighted by Gasteiger charge is -2.15. The second kappa shape index (κ2) is 8.81. The molecule has 0 aliphatic heterocycles. The number of benzene rings is 2. The summed E-state index contributed by atoms with van der Waals surface area (Å²) < 4.78 is 58.0. The number of hydrogen-bond donors (Lipinski definition) is 2. The SMILES string of the molecule is Cc1ccc(NS(=O)(=O)CCNC(=O)[C@@H](C)Oc2ccc(F)cc2)cc1F. The maximum atomic E-state index is 13.5. The average molecular weight is 398 g/mol. The molecule has 6 nitrogen and oxygen atoms in total. The van der Waals surface area contributed by atoms with Crippen LogP contribution in [0, 0.1) is 18.6 Å². The van der Waals surface area contributed by atoms with E-state index in [2.05, 4.69) is 10.0 Å². The van der Waals surface area contributed by atoms with Crippen LogP contribution < -0.4 is 14.8 Å². The number of carbonyl (C=O) groups excluding carboxylic acids is 1. The molecule has 1 amide bonds. The smallest absolute Gasteiger partial charge is 0.260 e. The zero-order chi connectivity index (χ0) is 20.0. The van der Waals surface area contributed by atoms with Crippen molar-refractivity contribution in [1.82, 2.24) is 5.32 Å². The highest BCUT2D eigenvalue weighted by atomic mass is 32.2.